The van der Waals surface area contributed by atoms with Gasteiger partial charge in [0.05, 0.1) is 7.11 Å². The Bertz CT molecular complexity index is 827. The molecule has 0 saturated heterocycles. The topological polar surface area (TPSA) is 64.1 Å². The van der Waals surface area contributed by atoms with Gasteiger partial charge in [0, 0.05) is 11.3 Å². The van der Waals surface area contributed by atoms with E-state index in [0.29, 0.717) is 15.8 Å². The third-order valence-corrected chi connectivity index (χ3v) is 5.40. The lowest BCUT2D eigenvalue weighted by Gasteiger charge is -2.01. The van der Waals surface area contributed by atoms with Crippen LogP contribution in [0.3, 0.4) is 0 Å². The van der Waals surface area contributed by atoms with Gasteiger partial charge < -0.3 is 4.74 Å². The van der Waals surface area contributed by atoms with E-state index >= 15 is 0 Å². The Morgan fingerprint density at radius 3 is 2.71 bits per heavy atom. The van der Waals surface area contributed by atoms with Crippen molar-refractivity contribution in [1.82, 2.24) is 10.2 Å². The van der Waals surface area contributed by atoms with Gasteiger partial charge in [0.15, 0.2) is 0 Å². The molecule has 1 amide bonds. The molecule has 0 saturated carbocycles. The Labute approximate surface area is 148 Å². The van der Waals surface area contributed by atoms with Gasteiger partial charge in [0.2, 0.25) is 5.13 Å². The van der Waals surface area contributed by atoms with E-state index in [2.05, 4.69) is 22.4 Å². The number of carbonyl (C=O) groups is 1. The third-order valence-electron chi connectivity index (χ3n) is 3.33. The molecule has 3 aromatic rings. The molecule has 3 rings (SSSR count). The van der Waals surface area contributed by atoms with Crippen molar-refractivity contribution in [2.75, 3.05) is 12.4 Å². The molecule has 0 aliphatic heterocycles. The highest BCUT2D eigenvalue weighted by atomic mass is 32.1. The second-order valence-corrected chi connectivity index (χ2v) is 7.19. The number of methoxy groups -OCH3 is 1. The van der Waals surface area contributed by atoms with Crippen LogP contribution in [0.25, 0.3) is 10.4 Å². The highest BCUT2D eigenvalue weighted by Gasteiger charge is 2.19. The maximum Gasteiger partial charge on any atom is 0.271 e. The van der Waals surface area contributed by atoms with Gasteiger partial charge >= 0.3 is 0 Å². The maximum atomic E-state index is 12.6. The molecule has 0 bridgehead atoms. The number of ether oxygens (including phenoxy) is 1. The number of nitrogens with zero attached hydrogens (tertiary/aromatic N) is 2. The van der Waals surface area contributed by atoms with Crippen LogP contribution >= 0.6 is 22.7 Å². The predicted octanol–water partition coefficient (Wildman–Crippen LogP) is 4.48. The van der Waals surface area contributed by atoms with Crippen LogP contribution < -0.4 is 10.1 Å². The lowest BCUT2D eigenvalue weighted by molar-refractivity contribution is 0.102. The number of anilines is 1. The Morgan fingerprint density at radius 1 is 1.21 bits per heavy atom. The predicted molar refractivity (Wildman–Crippen MR) is 98.2 cm³/mol. The van der Waals surface area contributed by atoms with Gasteiger partial charge in [-0.15, -0.1) is 21.5 Å². The lowest BCUT2D eigenvalue weighted by atomic mass is 10.2. The Morgan fingerprint density at radius 2 is 2.00 bits per heavy atom. The van der Waals surface area contributed by atoms with Crippen LogP contribution in [0.1, 0.15) is 28.0 Å². The first-order valence-electron chi connectivity index (χ1n) is 7.58. The van der Waals surface area contributed by atoms with E-state index < -0.39 is 0 Å². The quantitative estimate of drug-likeness (QED) is 0.705. The Balaban J connectivity index is 1.82. The van der Waals surface area contributed by atoms with E-state index in [9.17, 15) is 4.79 Å². The summed E-state index contributed by atoms with van der Waals surface area (Å²) in [6, 6.07) is 11.8. The summed E-state index contributed by atoms with van der Waals surface area (Å²) in [6.45, 7) is 2.08. The summed E-state index contributed by atoms with van der Waals surface area (Å²) < 4.78 is 5.37. The zero-order chi connectivity index (χ0) is 16.9. The summed E-state index contributed by atoms with van der Waals surface area (Å²) in [6.07, 6.45) is 1.87. The molecular weight excluding hydrogens is 342 g/mol. The smallest absolute Gasteiger partial charge is 0.271 e. The van der Waals surface area contributed by atoms with Gasteiger partial charge in [-0.25, -0.2) is 0 Å². The van der Waals surface area contributed by atoms with Crippen molar-refractivity contribution in [2.45, 2.75) is 19.8 Å². The maximum absolute atomic E-state index is 12.6. The largest absolute Gasteiger partial charge is 0.495 e. The van der Waals surface area contributed by atoms with Crippen molar-refractivity contribution < 1.29 is 9.53 Å². The van der Waals surface area contributed by atoms with E-state index in [4.69, 9.17) is 4.74 Å². The van der Waals surface area contributed by atoms with Crippen molar-refractivity contribution in [2.24, 2.45) is 0 Å². The summed E-state index contributed by atoms with van der Waals surface area (Å²) in [5.41, 5.74) is 1.06. The van der Waals surface area contributed by atoms with Crippen LogP contribution in [-0.4, -0.2) is 23.2 Å². The van der Waals surface area contributed by atoms with Gasteiger partial charge in [0.25, 0.3) is 5.91 Å². The minimum Gasteiger partial charge on any atom is -0.495 e. The molecule has 0 aliphatic rings. The molecule has 2 heterocycles. The number of rotatable bonds is 6. The van der Waals surface area contributed by atoms with Crippen LogP contribution in [0.2, 0.25) is 0 Å². The van der Waals surface area contributed by atoms with Crippen molar-refractivity contribution >= 4 is 33.7 Å². The van der Waals surface area contributed by atoms with Crippen LogP contribution in [0.5, 0.6) is 5.75 Å². The summed E-state index contributed by atoms with van der Waals surface area (Å²) in [4.78, 5) is 14.1. The second-order valence-electron chi connectivity index (χ2n) is 5.08. The fourth-order valence-corrected chi connectivity index (χ4v) is 4.06. The van der Waals surface area contributed by atoms with Crippen molar-refractivity contribution in [1.29, 1.82) is 0 Å². The molecule has 1 aromatic carbocycles. The Hall–Kier alpha value is -2.25. The minimum absolute atomic E-state index is 0.224. The molecule has 0 radical (unpaired) electrons. The molecule has 7 heteroatoms. The first-order chi connectivity index (χ1) is 11.7. The van der Waals surface area contributed by atoms with E-state index in [0.717, 1.165) is 28.3 Å². The molecule has 0 aliphatic carbocycles. The van der Waals surface area contributed by atoms with Gasteiger partial charge in [-0.3, -0.25) is 10.1 Å². The van der Waals surface area contributed by atoms with Crippen molar-refractivity contribution in [3.63, 3.8) is 0 Å². The number of nitrogens with one attached hydrogen (secondary N) is 1. The van der Waals surface area contributed by atoms with E-state index in [-0.39, 0.29) is 5.91 Å². The lowest BCUT2D eigenvalue weighted by Crippen LogP contribution is -2.10. The number of aryl methyl sites for hydroxylation is 1. The molecule has 0 fully saturated rings. The molecule has 5 nitrogen and oxygen atoms in total. The third kappa shape index (κ3) is 3.63. The minimum atomic E-state index is -0.224. The van der Waals surface area contributed by atoms with E-state index in [1.807, 2.05) is 36.4 Å². The standard InChI is InChI=1S/C17H17N3O2S2/c1-3-7-14-19-20-17(24-14)18-16(21)15-12(22-2)10-13(23-15)11-8-5-4-6-9-11/h4-6,8-10H,3,7H2,1-2H3,(H,18,20,21). The van der Waals surface area contributed by atoms with Crippen molar-refractivity contribution in [3.05, 3.63) is 46.3 Å². The van der Waals surface area contributed by atoms with Crippen LogP contribution in [0, 0.1) is 0 Å². The summed E-state index contributed by atoms with van der Waals surface area (Å²) >= 11 is 2.81. The fraction of sp³-hybridized carbons (Fsp3) is 0.235. The molecule has 124 valence electrons. The first kappa shape index (κ1) is 16.6. The Kier molecular flexibility index (Phi) is 5.22. The monoisotopic (exact) mass is 359 g/mol. The van der Waals surface area contributed by atoms with Crippen LogP contribution in [0.15, 0.2) is 36.4 Å². The summed E-state index contributed by atoms with van der Waals surface area (Å²) in [5, 5.41) is 12.3. The number of amides is 1. The number of hydrogen-bond acceptors (Lipinski definition) is 6. The number of thiophene rings is 1. The normalized spacial score (nSPS) is 10.6. The van der Waals surface area contributed by atoms with Crippen molar-refractivity contribution in [3.8, 4) is 16.2 Å². The van der Waals surface area contributed by atoms with E-state index in [1.54, 1.807) is 7.11 Å². The first-order valence-corrected chi connectivity index (χ1v) is 9.21. The van der Waals surface area contributed by atoms with Gasteiger partial charge in [-0.2, -0.15) is 0 Å². The summed E-state index contributed by atoms with van der Waals surface area (Å²) in [5.74, 6) is 0.341. The zero-order valence-corrected chi connectivity index (χ0v) is 15.0. The molecule has 1 N–H and O–H groups in total. The fourth-order valence-electron chi connectivity index (χ4n) is 2.20. The molecule has 0 atom stereocenters. The number of aromatic nitrogens is 2. The second kappa shape index (κ2) is 7.55. The SMILES string of the molecule is CCCc1nnc(NC(=O)c2sc(-c3ccccc3)cc2OC)s1. The molecule has 0 unspecified atom stereocenters. The molecule has 0 spiro atoms. The molecule has 24 heavy (non-hydrogen) atoms. The average molecular weight is 359 g/mol. The van der Waals surface area contributed by atoms with Gasteiger partial charge in [0.1, 0.15) is 15.6 Å². The molecule has 2 aromatic heterocycles. The zero-order valence-electron chi connectivity index (χ0n) is 13.4. The van der Waals surface area contributed by atoms with E-state index in [1.165, 1.54) is 22.7 Å². The summed E-state index contributed by atoms with van der Waals surface area (Å²) in [7, 11) is 1.57. The number of carbonyl (C=O) groups excluding carboxylic acids is 1. The molecular formula is C17H17N3O2S2. The van der Waals surface area contributed by atoms with Crippen LogP contribution in [-0.2, 0) is 6.42 Å². The van der Waals surface area contributed by atoms with Crippen LogP contribution in [0.4, 0.5) is 5.13 Å². The highest BCUT2D eigenvalue weighted by Crippen LogP contribution is 2.36. The number of benzene rings is 1. The van der Waals surface area contributed by atoms with Gasteiger partial charge in [-0.1, -0.05) is 48.6 Å². The van der Waals surface area contributed by atoms with Gasteiger partial charge in [-0.05, 0) is 18.1 Å². The highest BCUT2D eigenvalue weighted by molar-refractivity contribution is 7.18. The number of hydrogen-bond donors (Lipinski definition) is 1. The average Bonchev–Trinajstić information content (AvgIpc) is 3.23.